The van der Waals surface area contributed by atoms with Gasteiger partial charge in [-0.15, -0.1) is 0 Å². The quantitative estimate of drug-likeness (QED) is 0.855. The normalized spacial score (nSPS) is 20.4. The molecule has 2 rings (SSSR count). The van der Waals surface area contributed by atoms with E-state index in [0.717, 1.165) is 19.3 Å². The molecule has 118 valence electrons. The SMILES string of the molecule is CCOc1ccc(S(=O)(=O)N2CCCCC2CN)cc1Br. The first kappa shape index (κ1) is 16.7. The molecule has 1 aliphatic rings. The lowest BCUT2D eigenvalue weighted by molar-refractivity contribution is 0.257. The topological polar surface area (TPSA) is 72.6 Å². The molecule has 1 heterocycles. The molecule has 0 bridgehead atoms. The lowest BCUT2D eigenvalue weighted by Crippen LogP contribution is -2.47. The van der Waals surface area contributed by atoms with E-state index in [1.54, 1.807) is 22.5 Å². The molecule has 1 unspecified atom stereocenters. The fraction of sp³-hybridized carbons (Fsp3) is 0.571. The summed E-state index contributed by atoms with van der Waals surface area (Å²) in [5, 5.41) is 0. The predicted molar refractivity (Wildman–Crippen MR) is 85.9 cm³/mol. The Balaban J connectivity index is 2.32. The maximum absolute atomic E-state index is 12.8. The van der Waals surface area contributed by atoms with Crippen LogP contribution in [-0.2, 0) is 10.0 Å². The Morgan fingerprint density at radius 1 is 1.43 bits per heavy atom. The lowest BCUT2D eigenvalue weighted by atomic mass is 10.1. The van der Waals surface area contributed by atoms with Crippen molar-refractivity contribution in [2.24, 2.45) is 5.73 Å². The summed E-state index contributed by atoms with van der Waals surface area (Å²) in [4.78, 5) is 0.276. The summed E-state index contributed by atoms with van der Waals surface area (Å²) in [5.74, 6) is 0.644. The van der Waals surface area contributed by atoms with E-state index in [1.165, 1.54) is 0 Å². The molecule has 0 aromatic heterocycles. The molecule has 1 saturated heterocycles. The fourth-order valence-corrected chi connectivity index (χ4v) is 4.95. The summed E-state index contributed by atoms with van der Waals surface area (Å²) in [6.07, 6.45) is 2.74. The highest BCUT2D eigenvalue weighted by molar-refractivity contribution is 9.10. The minimum Gasteiger partial charge on any atom is -0.493 e. The second kappa shape index (κ2) is 7.09. The first-order valence-electron chi connectivity index (χ1n) is 7.15. The van der Waals surface area contributed by atoms with Gasteiger partial charge in [-0.05, 0) is 53.9 Å². The van der Waals surface area contributed by atoms with Gasteiger partial charge in [0.25, 0.3) is 0 Å². The van der Waals surface area contributed by atoms with Crippen LogP contribution in [0.5, 0.6) is 5.75 Å². The van der Waals surface area contributed by atoms with Crippen molar-refractivity contribution in [1.82, 2.24) is 4.31 Å². The zero-order valence-corrected chi connectivity index (χ0v) is 14.5. The third-order valence-electron chi connectivity index (χ3n) is 3.65. The number of ether oxygens (including phenoxy) is 1. The highest BCUT2D eigenvalue weighted by Crippen LogP contribution is 2.31. The van der Waals surface area contributed by atoms with Crippen LogP contribution in [0.25, 0.3) is 0 Å². The molecular weight excluding hydrogens is 356 g/mol. The molecule has 21 heavy (non-hydrogen) atoms. The molecule has 1 fully saturated rings. The maximum Gasteiger partial charge on any atom is 0.243 e. The molecule has 1 atom stereocenters. The number of benzene rings is 1. The smallest absolute Gasteiger partial charge is 0.243 e. The number of hydrogen-bond acceptors (Lipinski definition) is 4. The summed E-state index contributed by atoms with van der Waals surface area (Å²) in [6.45, 7) is 3.31. The van der Waals surface area contributed by atoms with E-state index >= 15 is 0 Å². The molecule has 0 radical (unpaired) electrons. The fourth-order valence-electron chi connectivity index (χ4n) is 2.58. The lowest BCUT2D eigenvalue weighted by Gasteiger charge is -2.33. The van der Waals surface area contributed by atoms with E-state index in [0.29, 0.717) is 29.9 Å². The second-order valence-corrected chi connectivity index (χ2v) is 7.77. The van der Waals surface area contributed by atoms with Crippen molar-refractivity contribution in [1.29, 1.82) is 0 Å². The van der Waals surface area contributed by atoms with Crippen molar-refractivity contribution < 1.29 is 13.2 Å². The van der Waals surface area contributed by atoms with Crippen LogP contribution >= 0.6 is 15.9 Å². The molecule has 7 heteroatoms. The monoisotopic (exact) mass is 376 g/mol. The molecule has 0 amide bonds. The summed E-state index contributed by atoms with van der Waals surface area (Å²) in [6, 6.07) is 4.77. The molecule has 2 N–H and O–H groups in total. The van der Waals surface area contributed by atoms with Gasteiger partial charge in [0.2, 0.25) is 10.0 Å². The average Bonchev–Trinajstić information content (AvgIpc) is 2.49. The number of halogens is 1. The van der Waals surface area contributed by atoms with E-state index in [1.807, 2.05) is 6.92 Å². The van der Waals surface area contributed by atoms with Crippen molar-refractivity contribution in [3.05, 3.63) is 22.7 Å². The molecule has 0 spiro atoms. The minimum absolute atomic E-state index is 0.103. The number of rotatable bonds is 5. The number of hydrogen-bond donors (Lipinski definition) is 1. The van der Waals surface area contributed by atoms with Crippen LogP contribution in [0.4, 0.5) is 0 Å². The Bertz CT molecular complexity index is 592. The molecular formula is C14H21BrN2O3S. The van der Waals surface area contributed by atoms with Crippen LogP contribution in [0.2, 0.25) is 0 Å². The number of nitrogens with zero attached hydrogens (tertiary/aromatic N) is 1. The first-order chi connectivity index (χ1) is 10.0. The predicted octanol–water partition coefficient (Wildman–Crippen LogP) is 2.35. The van der Waals surface area contributed by atoms with Gasteiger partial charge < -0.3 is 10.5 Å². The maximum atomic E-state index is 12.8. The van der Waals surface area contributed by atoms with Gasteiger partial charge in [-0.1, -0.05) is 6.42 Å². The largest absolute Gasteiger partial charge is 0.493 e. The highest BCUT2D eigenvalue weighted by Gasteiger charge is 2.32. The molecule has 0 saturated carbocycles. The van der Waals surface area contributed by atoms with Crippen LogP contribution in [-0.4, -0.2) is 38.5 Å². The van der Waals surface area contributed by atoms with Crippen LogP contribution < -0.4 is 10.5 Å². The van der Waals surface area contributed by atoms with Gasteiger partial charge >= 0.3 is 0 Å². The molecule has 0 aliphatic carbocycles. The Labute approximate surface area is 134 Å². The Kier molecular flexibility index (Phi) is 5.65. The van der Waals surface area contributed by atoms with Crippen molar-refractivity contribution in [3.8, 4) is 5.75 Å². The molecule has 5 nitrogen and oxygen atoms in total. The van der Waals surface area contributed by atoms with Crippen LogP contribution in [0.3, 0.4) is 0 Å². The van der Waals surface area contributed by atoms with Gasteiger partial charge in [-0.2, -0.15) is 4.31 Å². The summed E-state index contributed by atoms with van der Waals surface area (Å²) in [7, 11) is -3.51. The van der Waals surface area contributed by atoms with E-state index in [4.69, 9.17) is 10.5 Å². The van der Waals surface area contributed by atoms with Gasteiger partial charge in [0.15, 0.2) is 0 Å². The first-order valence-corrected chi connectivity index (χ1v) is 9.38. The molecule has 1 aromatic rings. The van der Waals surface area contributed by atoms with Crippen LogP contribution in [0, 0.1) is 0 Å². The van der Waals surface area contributed by atoms with Gasteiger partial charge in [0, 0.05) is 19.1 Å². The van der Waals surface area contributed by atoms with E-state index in [-0.39, 0.29) is 10.9 Å². The zero-order chi connectivity index (χ0) is 15.5. The molecule has 1 aromatic carbocycles. The van der Waals surface area contributed by atoms with Crippen molar-refractivity contribution in [2.75, 3.05) is 19.7 Å². The Morgan fingerprint density at radius 3 is 2.81 bits per heavy atom. The number of sulfonamides is 1. The summed E-state index contributed by atoms with van der Waals surface area (Å²) >= 11 is 3.36. The van der Waals surface area contributed by atoms with Crippen molar-refractivity contribution in [2.45, 2.75) is 37.1 Å². The van der Waals surface area contributed by atoms with E-state index in [2.05, 4.69) is 15.9 Å². The Morgan fingerprint density at radius 2 is 2.19 bits per heavy atom. The van der Waals surface area contributed by atoms with Gasteiger partial charge in [-0.3, -0.25) is 0 Å². The Hall–Kier alpha value is -0.630. The van der Waals surface area contributed by atoms with Gasteiger partial charge in [0.1, 0.15) is 5.75 Å². The second-order valence-electron chi connectivity index (χ2n) is 5.03. The van der Waals surface area contributed by atoms with E-state index < -0.39 is 10.0 Å². The van der Waals surface area contributed by atoms with Gasteiger partial charge in [-0.25, -0.2) is 8.42 Å². The third-order valence-corrected chi connectivity index (χ3v) is 6.22. The van der Waals surface area contributed by atoms with Gasteiger partial charge in [0.05, 0.1) is 16.0 Å². The van der Waals surface area contributed by atoms with Crippen molar-refractivity contribution in [3.63, 3.8) is 0 Å². The summed E-state index contributed by atoms with van der Waals surface area (Å²) in [5.41, 5.74) is 5.73. The van der Waals surface area contributed by atoms with E-state index in [9.17, 15) is 8.42 Å². The number of nitrogens with two attached hydrogens (primary N) is 1. The van der Waals surface area contributed by atoms with Crippen LogP contribution in [0.1, 0.15) is 26.2 Å². The number of piperidine rings is 1. The third kappa shape index (κ3) is 3.59. The van der Waals surface area contributed by atoms with Crippen molar-refractivity contribution >= 4 is 26.0 Å². The zero-order valence-electron chi connectivity index (χ0n) is 12.1. The molecule has 1 aliphatic heterocycles. The summed E-state index contributed by atoms with van der Waals surface area (Å²) < 4.78 is 33.2. The average molecular weight is 377 g/mol. The minimum atomic E-state index is -3.51. The standard InChI is InChI=1S/C14H21BrN2O3S/c1-2-20-14-7-6-12(9-13(14)15)21(18,19)17-8-4-3-5-11(17)10-16/h6-7,9,11H,2-5,8,10,16H2,1H3. The highest BCUT2D eigenvalue weighted by atomic mass is 79.9. The van der Waals surface area contributed by atoms with Crippen LogP contribution in [0.15, 0.2) is 27.6 Å².